The maximum atomic E-state index is 12.8. The van der Waals surface area contributed by atoms with Gasteiger partial charge >= 0.3 is 12.6 Å². The molecule has 0 saturated carbocycles. The van der Waals surface area contributed by atoms with E-state index in [2.05, 4.69) is 10.1 Å². The lowest BCUT2D eigenvalue weighted by Gasteiger charge is -2.42. The Morgan fingerprint density at radius 2 is 1.86 bits per heavy atom. The van der Waals surface area contributed by atoms with Crippen molar-refractivity contribution in [1.82, 2.24) is 15.1 Å². The number of carbonyl (C=O) groups is 3. The quantitative estimate of drug-likeness (QED) is 0.777. The summed E-state index contributed by atoms with van der Waals surface area (Å²) in [5.74, 6) is -0.775. The predicted molar refractivity (Wildman–Crippen MR) is 96.0 cm³/mol. The number of nitrogens with zero attached hydrogens (tertiary/aromatic N) is 2. The molecule has 0 aromatic heterocycles. The Hall–Kier alpha value is -2.71. The summed E-state index contributed by atoms with van der Waals surface area (Å²) in [5.41, 5.74) is -0.915. The second-order valence-corrected chi connectivity index (χ2v) is 7.46. The highest BCUT2D eigenvalue weighted by molar-refractivity contribution is 6.07. The molecule has 9 heteroatoms. The molecule has 0 bridgehead atoms. The van der Waals surface area contributed by atoms with Gasteiger partial charge in [0, 0.05) is 19.6 Å². The highest BCUT2D eigenvalue weighted by atomic mass is 19.3. The number of imide groups is 1. The van der Waals surface area contributed by atoms with E-state index in [0.717, 1.165) is 0 Å². The van der Waals surface area contributed by atoms with Crippen molar-refractivity contribution >= 4 is 17.8 Å². The summed E-state index contributed by atoms with van der Waals surface area (Å²) in [5, 5.41) is 2.38. The standard InChI is InChI=1S/C19H23F2N3O4/c1-12(2)11-24-18(27)22-16(26)19(24)7-9-23(10-8-19)15(25)13-5-3-4-6-14(13)28-17(20)21/h3-6,12,17H,7-11H2,1-2H3,(H,22,26,27). The van der Waals surface area contributed by atoms with Crippen LogP contribution in [0.3, 0.4) is 0 Å². The van der Waals surface area contributed by atoms with Crippen molar-refractivity contribution in [2.45, 2.75) is 38.8 Å². The SMILES string of the molecule is CC(C)CN1C(=O)NC(=O)C12CCN(C(=O)c1ccccc1OC(F)F)CC2. The number of para-hydroxylation sites is 1. The van der Waals surface area contributed by atoms with Gasteiger partial charge in [-0.05, 0) is 30.9 Å². The van der Waals surface area contributed by atoms with Crippen molar-refractivity contribution in [3.63, 3.8) is 0 Å². The third kappa shape index (κ3) is 3.65. The van der Waals surface area contributed by atoms with E-state index in [1.807, 2.05) is 13.8 Å². The summed E-state index contributed by atoms with van der Waals surface area (Å²) in [6.07, 6.45) is 0.585. The van der Waals surface area contributed by atoms with E-state index in [9.17, 15) is 23.2 Å². The number of carbonyl (C=O) groups excluding carboxylic acids is 3. The molecule has 3 rings (SSSR count). The van der Waals surface area contributed by atoms with Gasteiger partial charge in [-0.15, -0.1) is 0 Å². The number of hydrogen-bond acceptors (Lipinski definition) is 4. The average Bonchev–Trinajstić information content (AvgIpc) is 2.85. The molecule has 2 aliphatic heterocycles. The van der Waals surface area contributed by atoms with Gasteiger partial charge < -0.3 is 14.5 Å². The smallest absolute Gasteiger partial charge is 0.387 e. The van der Waals surface area contributed by atoms with E-state index in [1.54, 1.807) is 11.0 Å². The number of rotatable bonds is 5. The molecule has 1 aromatic carbocycles. The molecule has 2 saturated heterocycles. The van der Waals surface area contributed by atoms with Gasteiger partial charge in [-0.2, -0.15) is 8.78 Å². The summed E-state index contributed by atoms with van der Waals surface area (Å²) in [4.78, 5) is 40.6. The third-order valence-corrected chi connectivity index (χ3v) is 5.16. The first kappa shape index (κ1) is 20.0. The fourth-order valence-corrected chi connectivity index (χ4v) is 3.81. The lowest BCUT2D eigenvalue weighted by molar-refractivity contribution is -0.129. The first-order valence-electron chi connectivity index (χ1n) is 9.21. The minimum Gasteiger partial charge on any atom is -0.434 e. The summed E-state index contributed by atoms with van der Waals surface area (Å²) >= 11 is 0. The number of likely N-dealkylation sites (tertiary alicyclic amines) is 1. The van der Waals surface area contributed by atoms with Crippen LogP contribution in [0.2, 0.25) is 0 Å². The fraction of sp³-hybridized carbons (Fsp3) is 0.526. The van der Waals surface area contributed by atoms with Crippen molar-refractivity contribution in [2.24, 2.45) is 5.92 Å². The second-order valence-electron chi connectivity index (χ2n) is 7.46. The number of amides is 4. The Kier molecular flexibility index (Phi) is 5.53. The van der Waals surface area contributed by atoms with Crippen LogP contribution in [-0.4, -0.2) is 59.4 Å². The zero-order valence-electron chi connectivity index (χ0n) is 15.8. The number of benzene rings is 1. The molecule has 0 aliphatic carbocycles. The normalized spacial score (nSPS) is 18.9. The summed E-state index contributed by atoms with van der Waals surface area (Å²) < 4.78 is 29.7. The molecule has 1 N–H and O–H groups in total. The van der Waals surface area contributed by atoms with Gasteiger partial charge in [0.15, 0.2) is 0 Å². The van der Waals surface area contributed by atoms with E-state index in [-0.39, 0.29) is 36.2 Å². The van der Waals surface area contributed by atoms with Gasteiger partial charge in [0.1, 0.15) is 11.3 Å². The number of halogens is 2. The van der Waals surface area contributed by atoms with Crippen LogP contribution < -0.4 is 10.1 Å². The van der Waals surface area contributed by atoms with E-state index in [1.165, 1.54) is 23.1 Å². The molecule has 28 heavy (non-hydrogen) atoms. The van der Waals surface area contributed by atoms with Crippen LogP contribution in [0.1, 0.15) is 37.0 Å². The minimum atomic E-state index is -3.03. The molecule has 2 aliphatic rings. The topological polar surface area (TPSA) is 79.0 Å². The summed E-state index contributed by atoms with van der Waals surface area (Å²) in [6.45, 7) is 1.80. The first-order valence-corrected chi connectivity index (χ1v) is 9.21. The van der Waals surface area contributed by atoms with Crippen molar-refractivity contribution in [3.8, 4) is 5.75 Å². The van der Waals surface area contributed by atoms with E-state index < -0.39 is 24.1 Å². The molecular weight excluding hydrogens is 372 g/mol. The van der Waals surface area contributed by atoms with Crippen LogP contribution in [0, 0.1) is 5.92 Å². The highest BCUT2D eigenvalue weighted by Crippen LogP contribution is 2.35. The van der Waals surface area contributed by atoms with Gasteiger partial charge in [-0.25, -0.2) is 4.79 Å². The monoisotopic (exact) mass is 395 g/mol. The largest absolute Gasteiger partial charge is 0.434 e. The molecular formula is C19H23F2N3O4. The van der Waals surface area contributed by atoms with E-state index in [0.29, 0.717) is 19.4 Å². The zero-order valence-corrected chi connectivity index (χ0v) is 15.8. The van der Waals surface area contributed by atoms with Crippen molar-refractivity contribution in [3.05, 3.63) is 29.8 Å². The van der Waals surface area contributed by atoms with Gasteiger partial charge in [-0.3, -0.25) is 14.9 Å². The number of ether oxygens (including phenoxy) is 1. The average molecular weight is 395 g/mol. The summed E-state index contributed by atoms with van der Waals surface area (Å²) in [6, 6.07) is 5.43. The van der Waals surface area contributed by atoms with Crippen molar-refractivity contribution in [2.75, 3.05) is 19.6 Å². The molecule has 7 nitrogen and oxygen atoms in total. The number of hydrogen-bond donors (Lipinski definition) is 1. The first-order chi connectivity index (χ1) is 13.2. The summed E-state index contributed by atoms with van der Waals surface area (Å²) in [7, 11) is 0. The van der Waals surface area contributed by atoms with Crippen LogP contribution in [0.4, 0.5) is 13.6 Å². The molecule has 1 aromatic rings. The molecule has 152 valence electrons. The Morgan fingerprint density at radius 1 is 1.21 bits per heavy atom. The molecule has 0 radical (unpaired) electrons. The maximum Gasteiger partial charge on any atom is 0.387 e. The maximum absolute atomic E-state index is 12.8. The molecule has 4 amide bonds. The Bertz CT molecular complexity index is 776. The second kappa shape index (κ2) is 7.73. The zero-order chi connectivity index (χ0) is 20.5. The van der Waals surface area contributed by atoms with Gasteiger partial charge in [-0.1, -0.05) is 26.0 Å². The van der Waals surface area contributed by atoms with Crippen LogP contribution in [0.25, 0.3) is 0 Å². The molecule has 0 unspecified atom stereocenters. The van der Waals surface area contributed by atoms with Gasteiger partial charge in [0.2, 0.25) is 0 Å². The van der Waals surface area contributed by atoms with Gasteiger partial charge in [0.05, 0.1) is 5.56 Å². The van der Waals surface area contributed by atoms with Gasteiger partial charge in [0.25, 0.3) is 11.8 Å². The van der Waals surface area contributed by atoms with Crippen LogP contribution >= 0.6 is 0 Å². The number of alkyl halides is 2. The lowest BCUT2D eigenvalue weighted by Crippen LogP contribution is -2.58. The number of nitrogens with one attached hydrogen (secondary N) is 1. The highest BCUT2D eigenvalue weighted by Gasteiger charge is 2.54. The van der Waals surface area contributed by atoms with E-state index in [4.69, 9.17) is 0 Å². The number of urea groups is 1. The van der Waals surface area contributed by atoms with Crippen LogP contribution in [-0.2, 0) is 4.79 Å². The Morgan fingerprint density at radius 3 is 2.46 bits per heavy atom. The predicted octanol–water partition coefficient (Wildman–Crippen LogP) is 2.47. The fourth-order valence-electron chi connectivity index (χ4n) is 3.81. The van der Waals surface area contributed by atoms with Crippen molar-refractivity contribution in [1.29, 1.82) is 0 Å². The van der Waals surface area contributed by atoms with E-state index >= 15 is 0 Å². The minimum absolute atomic E-state index is 0.0461. The lowest BCUT2D eigenvalue weighted by atomic mass is 9.85. The molecule has 2 fully saturated rings. The van der Waals surface area contributed by atoms with Crippen molar-refractivity contribution < 1.29 is 27.9 Å². The Labute approximate surface area is 161 Å². The third-order valence-electron chi connectivity index (χ3n) is 5.16. The molecule has 1 spiro atoms. The molecule has 2 heterocycles. The van der Waals surface area contributed by atoms with Crippen LogP contribution in [0.15, 0.2) is 24.3 Å². The van der Waals surface area contributed by atoms with Crippen LogP contribution in [0.5, 0.6) is 5.75 Å². The Balaban J connectivity index is 1.76. The molecule has 0 atom stereocenters. The number of piperidine rings is 1.